The molecule has 29 heavy (non-hydrogen) atoms. The number of phenols is 1. The largest absolute Gasteiger partial charge is 0.507 e. The van der Waals surface area contributed by atoms with Crippen LogP contribution < -0.4 is 10.2 Å². The van der Waals surface area contributed by atoms with Crippen LogP contribution in [0.25, 0.3) is 11.3 Å². The van der Waals surface area contributed by atoms with E-state index >= 15 is 0 Å². The molecule has 0 bridgehead atoms. The van der Waals surface area contributed by atoms with Gasteiger partial charge >= 0.3 is 6.18 Å². The molecule has 0 amide bonds. The van der Waals surface area contributed by atoms with E-state index < -0.39 is 23.6 Å². The van der Waals surface area contributed by atoms with Gasteiger partial charge in [-0.1, -0.05) is 0 Å². The minimum atomic E-state index is -4.53. The molecule has 1 aromatic heterocycles. The molecule has 0 aliphatic carbocycles. The van der Waals surface area contributed by atoms with Gasteiger partial charge in [0.05, 0.1) is 17.4 Å². The Morgan fingerprint density at radius 3 is 2.66 bits per heavy atom. The Kier molecular flexibility index (Phi) is 5.12. The molecular formula is C20H23F3N4O2. The maximum absolute atomic E-state index is 13.0. The number of halogens is 3. The first-order valence-corrected chi connectivity index (χ1v) is 9.67. The lowest BCUT2D eigenvalue weighted by Crippen LogP contribution is -2.52. The molecule has 3 N–H and O–H groups in total. The van der Waals surface area contributed by atoms with E-state index in [1.807, 2.05) is 0 Å². The van der Waals surface area contributed by atoms with Crippen molar-refractivity contribution in [3.8, 4) is 17.0 Å². The molecule has 3 heterocycles. The molecular weight excluding hydrogens is 385 g/mol. The number of benzene rings is 1. The van der Waals surface area contributed by atoms with E-state index in [1.54, 1.807) is 6.07 Å². The smallest absolute Gasteiger partial charge is 0.416 e. The summed E-state index contributed by atoms with van der Waals surface area (Å²) in [5.74, 6) is 0.281. The van der Waals surface area contributed by atoms with Crippen molar-refractivity contribution < 1.29 is 23.4 Å². The minimum Gasteiger partial charge on any atom is -0.507 e. The van der Waals surface area contributed by atoms with Gasteiger partial charge in [0.25, 0.3) is 0 Å². The van der Waals surface area contributed by atoms with Crippen LogP contribution in [0.3, 0.4) is 0 Å². The summed E-state index contributed by atoms with van der Waals surface area (Å²) in [7, 11) is 0. The van der Waals surface area contributed by atoms with Gasteiger partial charge < -0.3 is 20.4 Å². The second-order valence-electron chi connectivity index (χ2n) is 7.76. The Morgan fingerprint density at radius 2 is 1.97 bits per heavy atom. The van der Waals surface area contributed by atoms with Crippen molar-refractivity contribution >= 4 is 5.82 Å². The van der Waals surface area contributed by atoms with E-state index in [9.17, 15) is 23.4 Å². The number of phenolic OH excluding ortho intramolecular Hbond substituents is 1. The molecule has 1 aromatic carbocycles. The van der Waals surface area contributed by atoms with Crippen molar-refractivity contribution in [2.45, 2.75) is 44.5 Å². The molecule has 0 radical (unpaired) electrons. The van der Waals surface area contributed by atoms with Gasteiger partial charge in [-0.3, -0.25) is 0 Å². The quantitative estimate of drug-likeness (QED) is 0.709. The number of alkyl halides is 3. The first-order valence-electron chi connectivity index (χ1n) is 9.67. The Labute approximate surface area is 166 Å². The van der Waals surface area contributed by atoms with E-state index in [4.69, 9.17) is 0 Å². The normalized spacial score (nSPS) is 22.4. The molecule has 2 aliphatic heterocycles. The molecule has 2 atom stereocenters. The number of fused-ring (bicyclic) bond motifs is 1. The molecule has 6 nitrogen and oxygen atoms in total. The number of nitrogens with one attached hydrogen (secondary N) is 1. The number of hydrogen-bond acceptors (Lipinski definition) is 6. The third kappa shape index (κ3) is 3.89. The van der Waals surface area contributed by atoms with Crippen LogP contribution in [0.4, 0.5) is 19.0 Å². The SMILES string of the molecule is Cc1cc(C(F)(F)F)cc(O)c1-c1cc2c(nn1)N([C@H]1CNC[C@@H](O)C1)CCC2. The monoisotopic (exact) mass is 408 g/mol. The first kappa shape index (κ1) is 19.9. The average Bonchev–Trinajstić information content (AvgIpc) is 2.66. The summed E-state index contributed by atoms with van der Waals surface area (Å²) in [6.45, 7) is 3.66. The molecule has 2 aliphatic rings. The zero-order chi connectivity index (χ0) is 20.8. The third-order valence-electron chi connectivity index (χ3n) is 5.61. The van der Waals surface area contributed by atoms with Crippen molar-refractivity contribution in [1.29, 1.82) is 0 Å². The molecule has 156 valence electrons. The van der Waals surface area contributed by atoms with Crippen molar-refractivity contribution in [1.82, 2.24) is 15.5 Å². The summed E-state index contributed by atoms with van der Waals surface area (Å²) in [4.78, 5) is 2.14. The number of piperidine rings is 1. The highest BCUT2D eigenvalue weighted by Gasteiger charge is 2.33. The van der Waals surface area contributed by atoms with Gasteiger partial charge in [-0.15, -0.1) is 10.2 Å². The lowest BCUT2D eigenvalue weighted by molar-refractivity contribution is -0.137. The summed E-state index contributed by atoms with van der Waals surface area (Å²) in [5.41, 5.74) is 0.965. The highest BCUT2D eigenvalue weighted by molar-refractivity contribution is 5.72. The van der Waals surface area contributed by atoms with E-state index in [-0.39, 0.29) is 11.6 Å². The Morgan fingerprint density at radius 1 is 1.17 bits per heavy atom. The van der Waals surface area contributed by atoms with Crippen LogP contribution in [0.1, 0.15) is 29.5 Å². The van der Waals surface area contributed by atoms with Crippen LogP contribution in [-0.4, -0.2) is 52.2 Å². The Bertz CT molecular complexity index is 896. The van der Waals surface area contributed by atoms with Crippen molar-refractivity contribution in [3.05, 3.63) is 34.9 Å². The van der Waals surface area contributed by atoms with Gasteiger partial charge in [-0.25, -0.2) is 0 Å². The molecule has 0 spiro atoms. The van der Waals surface area contributed by atoms with Crippen LogP contribution in [0.5, 0.6) is 5.75 Å². The summed E-state index contributed by atoms with van der Waals surface area (Å²) in [6.07, 6.45) is -2.60. The van der Waals surface area contributed by atoms with Crippen LogP contribution in [0.2, 0.25) is 0 Å². The number of anilines is 1. The van der Waals surface area contributed by atoms with Gasteiger partial charge in [0.2, 0.25) is 0 Å². The Hall–Kier alpha value is -2.39. The van der Waals surface area contributed by atoms with Crippen LogP contribution >= 0.6 is 0 Å². The standard InChI is InChI=1S/C20H23F3N4O2/c1-11-5-13(20(21,22)23)7-17(29)18(11)16-6-12-3-2-4-27(19(12)26-25-16)14-8-15(28)10-24-9-14/h5-7,14-15,24,28-29H,2-4,8-10H2,1H3/t14-,15+/m1/s1. The minimum absolute atomic E-state index is 0.110. The van der Waals surface area contributed by atoms with Gasteiger partial charge in [0, 0.05) is 31.2 Å². The third-order valence-corrected chi connectivity index (χ3v) is 5.61. The lowest BCUT2D eigenvalue weighted by atomic mass is 9.96. The number of aliphatic hydroxyl groups excluding tert-OH is 1. The fourth-order valence-corrected chi connectivity index (χ4v) is 4.27. The molecule has 0 saturated carbocycles. The van der Waals surface area contributed by atoms with Gasteiger partial charge in [0.15, 0.2) is 5.82 Å². The average molecular weight is 408 g/mol. The van der Waals surface area contributed by atoms with Crippen molar-refractivity contribution in [2.75, 3.05) is 24.5 Å². The fraction of sp³-hybridized carbons (Fsp3) is 0.500. The highest BCUT2D eigenvalue weighted by atomic mass is 19.4. The number of aromatic nitrogens is 2. The summed E-state index contributed by atoms with van der Waals surface area (Å²) < 4.78 is 39.0. The molecule has 9 heteroatoms. The number of aromatic hydroxyl groups is 1. The predicted molar refractivity (Wildman–Crippen MR) is 102 cm³/mol. The van der Waals surface area contributed by atoms with Crippen LogP contribution in [0, 0.1) is 6.92 Å². The van der Waals surface area contributed by atoms with Crippen LogP contribution in [-0.2, 0) is 12.6 Å². The molecule has 1 saturated heterocycles. The molecule has 2 aromatic rings. The summed E-state index contributed by atoms with van der Waals surface area (Å²) in [5, 5.41) is 32.0. The van der Waals surface area contributed by atoms with Gasteiger partial charge in [-0.2, -0.15) is 13.2 Å². The zero-order valence-corrected chi connectivity index (χ0v) is 16.0. The number of aliphatic hydroxyl groups is 1. The number of rotatable bonds is 2. The van der Waals surface area contributed by atoms with E-state index in [0.29, 0.717) is 24.2 Å². The van der Waals surface area contributed by atoms with E-state index in [2.05, 4.69) is 20.4 Å². The number of β-amino-alcohol motifs (C(OH)–C–C–N with tert-alkyl or cyclic N) is 1. The maximum Gasteiger partial charge on any atom is 0.416 e. The number of nitrogens with zero attached hydrogens (tertiary/aromatic N) is 3. The lowest BCUT2D eigenvalue weighted by Gasteiger charge is -2.40. The zero-order valence-electron chi connectivity index (χ0n) is 16.0. The van der Waals surface area contributed by atoms with Gasteiger partial charge in [0.1, 0.15) is 5.75 Å². The van der Waals surface area contributed by atoms with Crippen molar-refractivity contribution in [2.24, 2.45) is 0 Å². The first-order chi connectivity index (χ1) is 13.7. The summed E-state index contributed by atoms with van der Waals surface area (Å²) in [6, 6.07) is 3.65. The summed E-state index contributed by atoms with van der Waals surface area (Å²) >= 11 is 0. The number of aryl methyl sites for hydroxylation is 2. The predicted octanol–water partition coefficient (Wildman–Crippen LogP) is 2.65. The topological polar surface area (TPSA) is 81.5 Å². The molecule has 0 unspecified atom stereocenters. The Balaban J connectivity index is 1.68. The van der Waals surface area contributed by atoms with Crippen molar-refractivity contribution in [3.63, 3.8) is 0 Å². The maximum atomic E-state index is 13.0. The fourth-order valence-electron chi connectivity index (χ4n) is 4.27. The second-order valence-corrected chi connectivity index (χ2v) is 7.76. The van der Waals surface area contributed by atoms with Crippen LogP contribution in [0.15, 0.2) is 18.2 Å². The molecule has 1 fully saturated rings. The molecule has 4 rings (SSSR count). The highest BCUT2D eigenvalue weighted by Crippen LogP contribution is 2.39. The number of hydrogen-bond donors (Lipinski definition) is 3. The van der Waals surface area contributed by atoms with Gasteiger partial charge in [-0.05, 0) is 55.5 Å². The second kappa shape index (κ2) is 7.46. The van der Waals surface area contributed by atoms with E-state index in [0.717, 1.165) is 49.4 Å². The van der Waals surface area contributed by atoms with E-state index in [1.165, 1.54) is 6.92 Å².